The molecule has 4 rings (SSSR count). The van der Waals surface area contributed by atoms with Crippen LogP contribution < -0.4 is 5.32 Å². The van der Waals surface area contributed by atoms with Crippen LogP contribution in [-0.2, 0) is 6.18 Å². The van der Waals surface area contributed by atoms with Crippen LogP contribution in [0.1, 0.15) is 41.3 Å². The number of aryl methyl sites for hydroxylation is 1. The molecule has 1 aromatic carbocycles. The lowest BCUT2D eigenvalue weighted by atomic mass is 9.89. The second-order valence-electron chi connectivity index (χ2n) is 8.34. The fraction of sp³-hybridized carbons (Fsp3) is 0.391. The van der Waals surface area contributed by atoms with E-state index in [9.17, 15) is 18.0 Å². The Bertz CT molecular complexity index is 1100. The predicted octanol–water partition coefficient (Wildman–Crippen LogP) is 4.34. The number of hydrogen-bond acceptors (Lipinski definition) is 5. The second kappa shape index (κ2) is 9.21. The number of carbonyl (C=O) groups is 1. The summed E-state index contributed by atoms with van der Waals surface area (Å²) in [6.07, 6.45) is 1.33. The molecule has 7 nitrogen and oxygen atoms in total. The van der Waals surface area contributed by atoms with Gasteiger partial charge >= 0.3 is 6.18 Å². The lowest BCUT2D eigenvalue weighted by Gasteiger charge is -2.40. The van der Waals surface area contributed by atoms with Crippen LogP contribution in [0.4, 0.5) is 19.0 Å². The molecule has 3 heterocycles. The molecule has 0 aliphatic carbocycles. The molecule has 1 saturated heterocycles. The topological polar surface area (TPSA) is 75.9 Å². The van der Waals surface area contributed by atoms with Gasteiger partial charge in [-0.05, 0) is 49.9 Å². The van der Waals surface area contributed by atoms with E-state index in [0.717, 1.165) is 30.7 Å². The zero-order valence-corrected chi connectivity index (χ0v) is 18.4. The number of aromatic nitrogens is 4. The molecule has 0 saturated carbocycles. The number of halogens is 3. The number of amides is 1. The van der Waals surface area contributed by atoms with Crippen molar-refractivity contribution in [1.82, 2.24) is 24.9 Å². The van der Waals surface area contributed by atoms with Gasteiger partial charge in [0.25, 0.3) is 5.91 Å². The Labute approximate surface area is 189 Å². The van der Waals surface area contributed by atoms with Crippen molar-refractivity contribution in [2.45, 2.75) is 38.9 Å². The summed E-state index contributed by atoms with van der Waals surface area (Å²) >= 11 is 0. The highest BCUT2D eigenvalue weighted by Crippen LogP contribution is 2.30. The number of carbonyl (C=O) groups excluding carboxylic acids is 1. The molecule has 10 heteroatoms. The maximum Gasteiger partial charge on any atom is 0.417 e. The van der Waals surface area contributed by atoms with Crippen LogP contribution in [-0.4, -0.2) is 49.9 Å². The van der Waals surface area contributed by atoms with Gasteiger partial charge in [0.15, 0.2) is 0 Å². The number of pyridine rings is 1. The Kier molecular flexibility index (Phi) is 6.35. The lowest BCUT2D eigenvalue weighted by molar-refractivity contribution is -0.137. The van der Waals surface area contributed by atoms with E-state index in [1.165, 1.54) is 10.9 Å². The molecule has 33 heavy (non-hydrogen) atoms. The van der Waals surface area contributed by atoms with Gasteiger partial charge in [-0.1, -0.05) is 18.6 Å². The van der Waals surface area contributed by atoms with Gasteiger partial charge < -0.3 is 10.2 Å². The number of rotatable bonds is 5. The Hall–Kier alpha value is -3.43. The minimum atomic E-state index is -4.43. The Balaban J connectivity index is 1.55. The lowest BCUT2D eigenvalue weighted by Crippen LogP contribution is -2.51. The third-order valence-corrected chi connectivity index (χ3v) is 5.98. The van der Waals surface area contributed by atoms with Crippen LogP contribution in [0.15, 0.2) is 48.9 Å². The average molecular weight is 458 g/mol. The molecule has 0 bridgehead atoms. The fourth-order valence-electron chi connectivity index (χ4n) is 4.18. The standard InChI is InChI=1S/C23H25F3N6O/c1-15-5-7-19(32-29-9-10-30-32)18(12-15)22(33)31-11-3-4-16(2)20(31)14-28-21-8-6-17(13-27-21)23(24,25)26/h5-10,12-13,16,20H,3-4,11,14H2,1-2H3,(H,27,28)/t16-,20?/m0/s1. The highest BCUT2D eigenvalue weighted by atomic mass is 19.4. The molecule has 1 N–H and O–H groups in total. The summed E-state index contributed by atoms with van der Waals surface area (Å²) in [5.74, 6) is 0.427. The first kappa shape index (κ1) is 22.8. The van der Waals surface area contributed by atoms with Crippen molar-refractivity contribution in [2.75, 3.05) is 18.4 Å². The van der Waals surface area contributed by atoms with Gasteiger partial charge in [-0.25, -0.2) is 4.98 Å². The van der Waals surface area contributed by atoms with Crippen molar-refractivity contribution < 1.29 is 18.0 Å². The van der Waals surface area contributed by atoms with Crippen LogP contribution >= 0.6 is 0 Å². The number of likely N-dealkylation sites (tertiary alicyclic amines) is 1. The zero-order valence-electron chi connectivity index (χ0n) is 18.4. The van der Waals surface area contributed by atoms with Gasteiger partial charge in [0.05, 0.1) is 35.2 Å². The van der Waals surface area contributed by atoms with E-state index < -0.39 is 11.7 Å². The summed E-state index contributed by atoms with van der Waals surface area (Å²) < 4.78 is 38.4. The predicted molar refractivity (Wildman–Crippen MR) is 117 cm³/mol. The first-order valence-electron chi connectivity index (χ1n) is 10.8. The van der Waals surface area contributed by atoms with Crippen LogP contribution in [0.3, 0.4) is 0 Å². The molecule has 174 valence electrons. The highest BCUT2D eigenvalue weighted by molar-refractivity contribution is 5.98. The molecule has 0 spiro atoms. The summed E-state index contributed by atoms with van der Waals surface area (Å²) in [6, 6.07) is 7.74. The molecule has 1 aliphatic heterocycles. The summed E-state index contributed by atoms with van der Waals surface area (Å²) in [7, 11) is 0. The van der Waals surface area contributed by atoms with Gasteiger partial charge in [0, 0.05) is 19.3 Å². The van der Waals surface area contributed by atoms with Gasteiger partial charge in [-0.2, -0.15) is 28.2 Å². The molecule has 3 aromatic rings. The SMILES string of the molecule is Cc1ccc(-n2nccn2)c(C(=O)N2CCC[C@H](C)C2CNc2ccc(C(F)(F)F)cn2)c1. The molecule has 2 aromatic heterocycles. The molecule has 1 amide bonds. The number of nitrogens with zero attached hydrogens (tertiary/aromatic N) is 5. The van der Waals surface area contributed by atoms with Crippen LogP contribution in [0, 0.1) is 12.8 Å². The Morgan fingerprint density at radius 2 is 1.94 bits per heavy atom. The smallest absolute Gasteiger partial charge is 0.368 e. The molecule has 1 unspecified atom stereocenters. The fourth-order valence-corrected chi connectivity index (χ4v) is 4.18. The second-order valence-corrected chi connectivity index (χ2v) is 8.34. The molecular weight excluding hydrogens is 433 g/mol. The van der Waals surface area contributed by atoms with E-state index in [2.05, 4.69) is 27.4 Å². The van der Waals surface area contributed by atoms with Crippen molar-refractivity contribution in [3.05, 3.63) is 65.6 Å². The molecular formula is C23H25F3N6O. The number of benzene rings is 1. The number of piperidine rings is 1. The normalized spacial score (nSPS) is 18.9. The van der Waals surface area contributed by atoms with E-state index in [-0.39, 0.29) is 17.9 Å². The van der Waals surface area contributed by atoms with E-state index >= 15 is 0 Å². The average Bonchev–Trinajstić information content (AvgIpc) is 3.32. The van der Waals surface area contributed by atoms with E-state index in [0.29, 0.717) is 30.2 Å². The van der Waals surface area contributed by atoms with Crippen molar-refractivity contribution in [1.29, 1.82) is 0 Å². The van der Waals surface area contributed by atoms with Gasteiger partial charge in [-0.3, -0.25) is 4.79 Å². The maximum absolute atomic E-state index is 13.7. The zero-order chi connectivity index (χ0) is 23.6. The summed E-state index contributed by atoms with van der Waals surface area (Å²) in [5.41, 5.74) is 1.26. The van der Waals surface area contributed by atoms with Crippen LogP contribution in [0.5, 0.6) is 0 Å². The molecule has 1 aliphatic rings. The first-order chi connectivity index (χ1) is 15.7. The molecule has 0 radical (unpaired) electrons. The number of hydrogen-bond donors (Lipinski definition) is 1. The van der Waals surface area contributed by atoms with E-state index in [1.54, 1.807) is 12.4 Å². The minimum Gasteiger partial charge on any atom is -0.368 e. The number of alkyl halides is 3. The number of anilines is 1. The van der Waals surface area contributed by atoms with Gasteiger partial charge in [0.1, 0.15) is 5.82 Å². The minimum absolute atomic E-state index is 0.121. The molecule has 2 atom stereocenters. The summed E-state index contributed by atoms with van der Waals surface area (Å²) in [4.78, 5) is 20.8. The third kappa shape index (κ3) is 4.99. The molecule has 1 fully saturated rings. The van der Waals surface area contributed by atoms with Crippen LogP contribution in [0.2, 0.25) is 0 Å². The third-order valence-electron chi connectivity index (χ3n) is 5.98. The van der Waals surface area contributed by atoms with Gasteiger partial charge in [-0.15, -0.1) is 0 Å². The van der Waals surface area contributed by atoms with E-state index in [4.69, 9.17) is 0 Å². The van der Waals surface area contributed by atoms with Crippen molar-refractivity contribution in [3.8, 4) is 5.69 Å². The van der Waals surface area contributed by atoms with Crippen molar-refractivity contribution in [3.63, 3.8) is 0 Å². The quantitative estimate of drug-likeness (QED) is 0.616. The number of nitrogens with one attached hydrogen (secondary N) is 1. The largest absolute Gasteiger partial charge is 0.417 e. The van der Waals surface area contributed by atoms with Gasteiger partial charge in [0.2, 0.25) is 0 Å². The summed E-state index contributed by atoms with van der Waals surface area (Å²) in [6.45, 7) is 4.98. The first-order valence-corrected chi connectivity index (χ1v) is 10.8. The summed E-state index contributed by atoms with van der Waals surface area (Å²) in [5, 5.41) is 11.5. The van der Waals surface area contributed by atoms with Crippen LogP contribution in [0.25, 0.3) is 5.69 Å². The Morgan fingerprint density at radius 1 is 1.18 bits per heavy atom. The highest BCUT2D eigenvalue weighted by Gasteiger charge is 2.34. The Morgan fingerprint density at radius 3 is 2.61 bits per heavy atom. The maximum atomic E-state index is 13.7. The monoisotopic (exact) mass is 458 g/mol. The van der Waals surface area contributed by atoms with E-state index in [1.807, 2.05) is 30.0 Å². The van der Waals surface area contributed by atoms with Crippen molar-refractivity contribution in [2.24, 2.45) is 5.92 Å². The van der Waals surface area contributed by atoms with Crippen molar-refractivity contribution >= 4 is 11.7 Å².